The summed E-state index contributed by atoms with van der Waals surface area (Å²) in [5, 5.41) is 8.04. The normalized spacial score (nSPS) is 10.7. The van der Waals surface area contributed by atoms with E-state index in [1.807, 2.05) is 6.07 Å². The molecule has 1 heterocycles. The van der Waals surface area contributed by atoms with Crippen LogP contribution in [0.2, 0.25) is 0 Å². The van der Waals surface area contributed by atoms with Gasteiger partial charge in [-0.1, -0.05) is 30.3 Å². The van der Waals surface area contributed by atoms with E-state index in [0.717, 1.165) is 38.0 Å². The molecule has 0 saturated heterocycles. The lowest BCUT2D eigenvalue weighted by atomic mass is 10.1. The average Bonchev–Trinajstić information content (AvgIpc) is 2.85. The van der Waals surface area contributed by atoms with Crippen LogP contribution in [0.5, 0.6) is 0 Å². The minimum Gasteiger partial charge on any atom is -0.425 e. The molecular weight excluding hydrogens is 248 g/mol. The van der Waals surface area contributed by atoms with E-state index in [2.05, 4.69) is 34.5 Å². The van der Waals surface area contributed by atoms with E-state index in [1.54, 1.807) is 0 Å². The molecule has 1 aromatic carbocycles. The van der Waals surface area contributed by atoms with Gasteiger partial charge in [-0.05, 0) is 24.8 Å². The molecule has 0 bridgehead atoms. The molecular formula is C14H17ClN2O. The van der Waals surface area contributed by atoms with E-state index in [-0.39, 0.29) is 0 Å². The highest BCUT2D eigenvalue weighted by molar-refractivity contribution is 6.17. The highest BCUT2D eigenvalue weighted by Crippen LogP contribution is 2.08. The van der Waals surface area contributed by atoms with Crippen LogP contribution in [0, 0.1) is 0 Å². The second-order valence-electron chi connectivity index (χ2n) is 4.22. The number of hydrogen-bond donors (Lipinski definition) is 0. The molecule has 0 aliphatic carbocycles. The van der Waals surface area contributed by atoms with Crippen LogP contribution in [0.4, 0.5) is 0 Å². The molecule has 0 saturated carbocycles. The first-order valence-corrected chi connectivity index (χ1v) is 6.83. The van der Waals surface area contributed by atoms with Gasteiger partial charge in [0.05, 0.1) is 0 Å². The minimum atomic E-state index is 0.631. The molecule has 0 atom stereocenters. The number of halogens is 1. The van der Waals surface area contributed by atoms with Crippen molar-refractivity contribution in [3.05, 3.63) is 47.7 Å². The topological polar surface area (TPSA) is 38.9 Å². The van der Waals surface area contributed by atoms with Crippen LogP contribution in [0.3, 0.4) is 0 Å². The number of aryl methyl sites for hydroxylation is 3. The van der Waals surface area contributed by atoms with E-state index < -0.39 is 0 Å². The number of hydrogen-bond acceptors (Lipinski definition) is 3. The number of nitrogens with zero attached hydrogens (tertiary/aromatic N) is 2. The Morgan fingerprint density at radius 2 is 1.56 bits per heavy atom. The summed E-state index contributed by atoms with van der Waals surface area (Å²) in [6, 6.07) is 10.4. The Morgan fingerprint density at radius 1 is 0.889 bits per heavy atom. The van der Waals surface area contributed by atoms with Crippen LogP contribution in [0.25, 0.3) is 0 Å². The molecule has 0 fully saturated rings. The molecule has 2 rings (SSSR count). The second-order valence-corrected chi connectivity index (χ2v) is 4.60. The van der Waals surface area contributed by atoms with Crippen LogP contribution < -0.4 is 0 Å². The van der Waals surface area contributed by atoms with E-state index in [1.165, 1.54) is 5.56 Å². The lowest BCUT2D eigenvalue weighted by Gasteiger charge is -1.98. The van der Waals surface area contributed by atoms with Crippen LogP contribution in [-0.2, 0) is 19.3 Å². The van der Waals surface area contributed by atoms with Gasteiger partial charge in [0.15, 0.2) is 0 Å². The Hall–Kier alpha value is -1.35. The van der Waals surface area contributed by atoms with Crippen LogP contribution in [-0.4, -0.2) is 16.1 Å². The monoisotopic (exact) mass is 264 g/mol. The Morgan fingerprint density at radius 3 is 2.22 bits per heavy atom. The van der Waals surface area contributed by atoms with Crippen molar-refractivity contribution >= 4 is 11.6 Å². The largest absolute Gasteiger partial charge is 0.425 e. The quantitative estimate of drug-likeness (QED) is 0.720. The molecule has 0 unspecified atom stereocenters. The minimum absolute atomic E-state index is 0.631. The Kier molecular flexibility index (Phi) is 5.21. The first kappa shape index (κ1) is 13.1. The molecule has 0 aliphatic rings. The number of benzene rings is 1. The van der Waals surface area contributed by atoms with Crippen molar-refractivity contribution in [1.29, 1.82) is 0 Å². The third-order valence-corrected chi connectivity index (χ3v) is 3.00. The second kappa shape index (κ2) is 7.17. The molecule has 1 aromatic heterocycles. The fourth-order valence-electron chi connectivity index (χ4n) is 1.80. The maximum absolute atomic E-state index is 5.62. The van der Waals surface area contributed by atoms with Crippen molar-refractivity contribution in [3.8, 4) is 0 Å². The van der Waals surface area contributed by atoms with Crippen molar-refractivity contribution in [3.63, 3.8) is 0 Å². The van der Waals surface area contributed by atoms with Gasteiger partial charge in [0.25, 0.3) is 0 Å². The van der Waals surface area contributed by atoms with Gasteiger partial charge in [-0.15, -0.1) is 21.8 Å². The lowest BCUT2D eigenvalue weighted by Crippen LogP contribution is -1.90. The third-order valence-electron chi connectivity index (χ3n) is 2.73. The molecule has 2 aromatic rings. The molecule has 0 spiro atoms. The highest BCUT2D eigenvalue weighted by Gasteiger charge is 2.05. The van der Waals surface area contributed by atoms with Gasteiger partial charge in [0.1, 0.15) is 0 Å². The molecule has 18 heavy (non-hydrogen) atoms. The Bertz CT molecular complexity index is 456. The van der Waals surface area contributed by atoms with E-state index in [0.29, 0.717) is 11.8 Å². The number of aromatic nitrogens is 2. The summed E-state index contributed by atoms with van der Waals surface area (Å²) in [7, 11) is 0. The van der Waals surface area contributed by atoms with E-state index >= 15 is 0 Å². The van der Waals surface area contributed by atoms with E-state index in [4.69, 9.17) is 16.0 Å². The molecule has 96 valence electrons. The molecule has 0 N–H and O–H groups in total. The maximum atomic E-state index is 5.62. The highest BCUT2D eigenvalue weighted by atomic mass is 35.5. The molecule has 4 heteroatoms. The predicted molar refractivity (Wildman–Crippen MR) is 71.8 cm³/mol. The lowest BCUT2D eigenvalue weighted by molar-refractivity contribution is 0.443. The summed E-state index contributed by atoms with van der Waals surface area (Å²) < 4.78 is 5.54. The molecule has 0 radical (unpaired) electrons. The fourth-order valence-corrected chi connectivity index (χ4v) is 1.93. The zero-order valence-corrected chi connectivity index (χ0v) is 11.1. The maximum Gasteiger partial charge on any atom is 0.216 e. The van der Waals surface area contributed by atoms with Gasteiger partial charge in [0.2, 0.25) is 11.8 Å². The Balaban J connectivity index is 1.75. The van der Waals surface area contributed by atoms with Crippen molar-refractivity contribution < 1.29 is 4.42 Å². The zero-order valence-electron chi connectivity index (χ0n) is 10.3. The van der Waals surface area contributed by atoms with Crippen LogP contribution in [0.1, 0.15) is 30.2 Å². The fraction of sp³-hybridized carbons (Fsp3) is 0.429. The van der Waals surface area contributed by atoms with Gasteiger partial charge >= 0.3 is 0 Å². The van der Waals surface area contributed by atoms with Crippen molar-refractivity contribution in [2.45, 2.75) is 32.1 Å². The number of alkyl halides is 1. The summed E-state index contributed by atoms with van der Waals surface area (Å²) in [5.41, 5.74) is 1.35. The van der Waals surface area contributed by atoms with Gasteiger partial charge in [-0.25, -0.2) is 0 Å². The van der Waals surface area contributed by atoms with Gasteiger partial charge in [-0.2, -0.15) is 0 Å². The summed E-state index contributed by atoms with van der Waals surface area (Å²) in [5.74, 6) is 2.06. The average molecular weight is 265 g/mol. The van der Waals surface area contributed by atoms with Crippen molar-refractivity contribution in [2.24, 2.45) is 0 Å². The number of rotatable bonds is 7. The summed E-state index contributed by atoms with van der Waals surface area (Å²) in [6.45, 7) is 0. The van der Waals surface area contributed by atoms with Gasteiger partial charge < -0.3 is 4.42 Å². The molecule has 0 amide bonds. The van der Waals surface area contributed by atoms with Crippen molar-refractivity contribution in [2.75, 3.05) is 5.88 Å². The van der Waals surface area contributed by atoms with Crippen molar-refractivity contribution in [1.82, 2.24) is 10.2 Å². The van der Waals surface area contributed by atoms with Crippen LogP contribution >= 0.6 is 11.6 Å². The zero-order chi connectivity index (χ0) is 12.6. The van der Waals surface area contributed by atoms with Gasteiger partial charge in [-0.3, -0.25) is 0 Å². The van der Waals surface area contributed by atoms with Gasteiger partial charge in [0, 0.05) is 18.7 Å². The van der Waals surface area contributed by atoms with E-state index in [9.17, 15) is 0 Å². The van der Waals surface area contributed by atoms with Crippen LogP contribution in [0.15, 0.2) is 34.7 Å². The summed E-state index contributed by atoms with van der Waals surface area (Å²) in [6.07, 6.45) is 4.56. The first-order chi connectivity index (χ1) is 8.88. The summed E-state index contributed by atoms with van der Waals surface area (Å²) >= 11 is 5.62. The SMILES string of the molecule is ClCCCc1nnc(CCCc2ccccc2)o1. The third kappa shape index (κ3) is 4.15. The smallest absolute Gasteiger partial charge is 0.216 e. The summed E-state index contributed by atoms with van der Waals surface area (Å²) in [4.78, 5) is 0. The molecule has 0 aliphatic heterocycles. The molecule has 3 nitrogen and oxygen atoms in total. The standard InChI is InChI=1S/C14H17ClN2O/c15-11-5-10-14-17-16-13(18-14)9-4-8-12-6-2-1-3-7-12/h1-3,6-7H,4-5,8-11H2. The Labute approximate surface area is 112 Å². The predicted octanol–water partition coefficient (Wildman–Crippen LogP) is 3.42. The first-order valence-electron chi connectivity index (χ1n) is 6.29.